The fraction of sp³-hybridized carbons (Fsp3) is 0.533. The second kappa shape index (κ2) is 7.63. The van der Waals surface area contributed by atoms with Crippen LogP contribution in [0.15, 0.2) is 22.0 Å². The highest BCUT2D eigenvalue weighted by Crippen LogP contribution is 2.31. The number of rotatable bonds is 4. The molecule has 3 nitrogen and oxygen atoms in total. The molecule has 1 unspecified atom stereocenters. The van der Waals surface area contributed by atoms with E-state index in [-0.39, 0.29) is 29.3 Å². The lowest BCUT2D eigenvalue weighted by molar-refractivity contribution is -0.137. The zero-order valence-electron chi connectivity index (χ0n) is 13.5. The molecule has 26 heavy (non-hydrogen) atoms. The Morgan fingerprint density at radius 3 is 2.38 bits per heavy atom. The third kappa shape index (κ3) is 5.76. The molecule has 1 atom stereocenters. The van der Waals surface area contributed by atoms with E-state index in [2.05, 4.69) is 4.99 Å². The normalized spacial score (nSPS) is 18.7. The van der Waals surface area contributed by atoms with Crippen LogP contribution >= 0.6 is 0 Å². The Kier molecular flexibility index (Phi) is 6.11. The molecule has 1 aromatic carbocycles. The Morgan fingerprint density at radius 2 is 1.81 bits per heavy atom. The summed E-state index contributed by atoms with van der Waals surface area (Å²) >= 11 is -2.47. The molecule has 1 saturated heterocycles. The third-order valence-electron chi connectivity index (χ3n) is 3.60. The minimum Gasteiger partial charge on any atom is -0.611 e. The van der Waals surface area contributed by atoms with Crippen LogP contribution in [0.3, 0.4) is 0 Å². The van der Waals surface area contributed by atoms with Gasteiger partial charge in [-0.1, -0.05) is 0 Å². The molecule has 1 aromatic rings. The van der Waals surface area contributed by atoms with Crippen molar-refractivity contribution < 1.29 is 35.3 Å². The third-order valence-corrected chi connectivity index (χ3v) is 5.12. The average Bonchev–Trinajstić information content (AvgIpc) is 2.84. The number of aliphatic imine (C=N–C) groups is 1. The van der Waals surface area contributed by atoms with Crippen molar-refractivity contribution in [1.82, 2.24) is 4.90 Å². The predicted octanol–water partition coefficient (Wildman–Crippen LogP) is 4.49. The summed E-state index contributed by atoms with van der Waals surface area (Å²) in [6, 6.07) is 1.79. The Labute approximate surface area is 148 Å². The zero-order valence-corrected chi connectivity index (χ0v) is 14.4. The van der Waals surface area contributed by atoms with Crippen LogP contribution in [0.4, 0.5) is 36.4 Å². The molecular weight excluding hydrogens is 389 g/mol. The second-order valence-electron chi connectivity index (χ2n) is 5.84. The summed E-state index contributed by atoms with van der Waals surface area (Å²) in [5.41, 5.74) is -0.377. The number of halogens is 7. The van der Waals surface area contributed by atoms with E-state index in [9.17, 15) is 35.3 Å². The smallest absolute Gasteiger partial charge is 0.433 e. The van der Waals surface area contributed by atoms with Gasteiger partial charge in [-0.25, -0.2) is 9.38 Å². The Bertz CT molecular complexity index is 688. The topological polar surface area (TPSA) is 38.7 Å². The van der Waals surface area contributed by atoms with E-state index < -0.39 is 47.3 Å². The van der Waals surface area contributed by atoms with E-state index in [0.717, 1.165) is 17.0 Å². The highest BCUT2D eigenvalue weighted by molar-refractivity contribution is 7.91. The molecule has 0 aromatic heterocycles. The van der Waals surface area contributed by atoms with Gasteiger partial charge in [0, 0.05) is 24.6 Å². The van der Waals surface area contributed by atoms with Crippen molar-refractivity contribution in [3.8, 4) is 0 Å². The largest absolute Gasteiger partial charge is 0.611 e. The van der Waals surface area contributed by atoms with Crippen LogP contribution in [0.2, 0.25) is 0 Å². The number of hydrogen-bond donors (Lipinski definition) is 0. The van der Waals surface area contributed by atoms with Gasteiger partial charge in [0.15, 0.2) is 4.90 Å². The molecule has 0 amide bonds. The van der Waals surface area contributed by atoms with Crippen LogP contribution in [0.25, 0.3) is 0 Å². The van der Waals surface area contributed by atoms with Crippen LogP contribution in [-0.2, 0) is 11.2 Å². The van der Waals surface area contributed by atoms with Crippen molar-refractivity contribution >= 4 is 22.7 Å². The number of nitrogens with zero attached hydrogens (tertiary/aromatic N) is 2. The van der Waals surface area contributed by atoms with Crippen LogP contribution in [0, 0.1) is 12.7 Å². The van der Waals surface area contributed by atoms with Crippen LogP contribution < -0.4 is 0 Å². The SMILES string of the molecule is Cc1cc(F)c(N=C2CCCN2CC(F)(F)F)cc1[S+]([O-])CC(F)(F)F. The zero-order chi connectivity index (χ0) is 19.7. The molecule has 0 aliphatic carbocycles. The van der Waals surface area contributed by atoms with Gasteiger partial charge in [-0.2, -0.15) is 26.3 Å². The van der Waals surface area contributed by atoms with Crippen LogP contribution in [0.5, 0.6) is 0 Å². The van der Waals surface area contributed by atoms with E-state index in [1.165, 1.54) is 6.92 Å². The first-order valence-corrected chi connectivity index (χ1v) is 8.82. The van der Waals surface area contributed by atoms with Gasteiger partial charge < -0.3 is 9.45 Å². The van der Waals surface area contributed by atoms with Crippen LogP contribution in [0.1, 0.15) is 18.4 Å². The molecule has 2 rings (SSSR count). The first kappa shape index (κ1) is 20.8. The lowest BCUT2D eigenvalue weighted by Crippen LogP contribution is -2.35. The van der Waals surface area contributed by atoms with E-state index in [1.54, 1.807) is 0 Å². The summed E-state index contributed by atoms with van der Waals surface area (Å²) in [7, 11) is 0. The van der Waals surface area contributed by atoms with E-state index in [1.807, 2.05) is 0 Å². The van der Waals surface area contributed by atoms with Gasteiger partial charge in [0.25, 0.3) is 0 Å². The number of hydrogen-bond acceptors (Lipinski definition) is 2. The van der Waals surface area contributed by atoms with Crippen molar-refractivity contribution in [1.29, 1.82) is 0 Å². The molecular formula is C15H15F7N2OS. The molecule has 0 bridgehead atoms. The predicted molar refractivity (Wildman–Crippen MR) is 82.4 cm³/mol. The Morgan fingerprint density at radius 1 is 1.15 bits per heavy atom. The summed E-state index contributed by atoms with van der Waals surface area (Å²) < 4.78 is 101. The molecule has 1 aliphatic heterocycles. The fourth-order valence-electron chi connectivity index (χ4n) is 2.57. The fourth-order valence-corrected chi connectivity index (χ4v) is 3.68. The highest BCUT2D eigenvalue weighted by Gasteiger charge is 2.37. The number of alkyl halides is 6. The molecule has 0 N–H and O–H groups in total. The summed E-state index contributed by atoms with van der Waals surface area (Å²) in [6.07, 6.45) is -8.55. The standard InChI is InChI=1S/C15H15F7N2OS/c1-9-5-10(16)11(6-12(9)26(25)8-15(20,21)22)23-13-3-2-4-24(13)7-14(17,18)19/h5-6H,2-4,7-8H2,1H3. The lowest BCUT2D eigenvalue weighted by atomic mass is 10.2. The van der Waals surface area contributed by atoms with Crippen molar-refractivity contribution in [3.63, 3.8) is 0 Å². The van der Waals surface area contributed by atoms with Gasteiger partial charge >= 0.3 is 12.4 Å². The average molecular weight is 404 g/mol. The maximum atomic E-state index is 14.1. The first-order chi connectivity index (χ1) is 11.9. The van der Waals surface area contributed by atoms with Crippen molar-refractivity contribution in [2.75, 3.05) is 18.8 Å². The van der Waals surface area contributed by atoms with Gasteiger partial charge in [-0.3, -0.25) is 0 Å². The monoisotopic (exact) mass is 404 g/mol. The van der Waals surface area contributed by atoms with Gasteiger partial charge in [0.05, 0.1) is 0 Å². The van der Waals surface area contributed by atoms with Crippen molar-refractivity contribution in [3.05, 3.63) is 23.5 Å². The lowest BCUT2D eigenvalue weighted by Gasteiger charge is -2.20. The minimum absolute atomic E-state index is 0.00219. The molecule has 0 spiro atoms. The summed E-state index contributed by atoms with van der Waals surface area (Å²) in [6.45, 7) is 0.153. The van der Waals surface area contributed by atoms with Gasteiger partial charge in [-0.05, 0) is 30.6 Å². The number of amidine groups is 1. The summed E-state index contributed by atoms with van der Waals surface area (Å²) in [5, 5.41) is 0. The number of likely N-dealkylation sites (tertiary alicyclic amines) is 1. The van der Waals surface area contributed by atoms with Crippen molar-refractivity contribution in [2.24, 2.45) is 4.99 Å². The number of aryl methyl sites for hydroxylation is 1. The molecule has 0 radical (unpaired) electrons. The quantitative estimate of drug-likeness (QED) is 0.548. The molecule has 146 valence electrons. The van der Waals surface area contributed by atoms with E-state index in [0.29, 0.717) is 6.42 Å². The van der Waals surface area contributed by atoms with E-state index >= 15 is 0 Å². The van der Waals surface area contributed by atoms with Gasteiger partial charge in [0.2, 0.25) is 5.75 Å². The number of benzene rings is 1. The maximum Gasteiger partial charge on any atom is 0.433 e. The molecule has 1 aliphatic rings. The molecule has 1 heterocycles. The Hall–Kier alpha value is -1.49. The highest BCUT2D eigenvalue weighted by atomic mass is 32.2. The first-order valence-electron chi connectivity index (χ1n) is 7.50. The van der Waals surface area contributed by atoms with Gasteiger partial charge in [-0.15, -0.1) is 0 Å². The molecule has 1 fully saturated rings. The summed E-state index contributed by atoms with van der Waals surface area (Å²) in [5.74, 6) is -2.50. The minimum atomic E-state index is -4.67. The second-order valence-corrected chi connectivity index (χ2v) is 7.26. The maximum absolute atomic E-state index is 14.1. The van der Waals surface area contributed by atoms with Crippen LogP contribution in [-0.4, -0.2) is 46.5 Å². The summed E-state index contributed by atoms with van der Waals surface area (Å²) in [4.78, 5) is 4.56. The van der Waals surface area contributed by atoms with Gasteiger partial charge in [0.1, 0.15) is 23.9 Å². The Balaban J connectivity index is 2.33. The molecule has 11 heteroatoms. The van der Waals surface area contributed by atoms with Crippen molar-refractivity contribution in [2.45, 2.75) is 37.0 Å². The van der Waals surface area contributed by atoms with E-state index in [4.69, 9.17) is 0 Å². The molecule has 0 saturated carbocycles.